The lowest BCUT2D eigenvalue weighted by Gasteiger charge is -2.38. The number of fused-ring (bicyclic) bond motifs is 2. The van der Waals surface area contributed by atoms with E-state index in [1.165, 1.54) is 30.6 Å². The van der Waals surface area contributed by atoms with Crippen LogP contribution in [-0.2, 0) is 4.79 Å². The van der Waals surface area contributed by atoms with Crippen LogP contribution in [0.4, 0.5) is 0 Å². The van der Waals surface area contributed by atoms with Gasteiger partial charge in [-0.1, -0.05) is 40.7 Å². The number of thiophene rings is 1. The Bertz CT molecular complexity index is 800. The van der Waals surface area contributed by atoms with Crippen LogP contribution in [-0.4, -0.2) is 35.1 Å². The summed E-state index contributed by atoms with van der Waals surface area (Å²) in [6.07, 6.45) is 11.5. The van der Waals surface area contributed by atoms with Gasteiger partial charge in [-0.05, 0) is 80.4 Å². The van der Waals surface area contributed by atoms with E-state index in [1.807, 2.05) is 6.08 Å². The molecule has 1 aromatic heterocycles. The molecule has 2 bridgehead atoms. The Balaban J connectivity index is 1.46. The number of ketones is 2. The second-order valence-corrected chi connectivity index (χ2v) is 12.3. The number of carbonyl (C=O) groups excluding carboxylic acids is 2. The summed E-state index contributed by atoms with van der Waals surface area (Å²) in [5.41, 5.74) is 1.20. The van der Waals surface area contributed by atoms with E-state index in [4.69, 9.17) is 0 Å². The van der Waals surface area contributed by atoms with Crippen LogP contribution in [0.3, 0.4) is 0 Å². The van der Waals surface area contributed by atoms with Crippen LogP contribution in [0.1, 0.15) is 106 Å². The molecule has 2 aliphatic rings. The van der Waals surface area contributed by atoms with Crippen LogP contribution in [0.25, 0.3) is 0 Å². The highest BCUT2D eigenvalue weighted by Gasteiger charge is 2.40. The number of carbonyl (C=O) groups is 2. The van der Waals surface area contributed by atoms with E-state index < -0.39 is 0 Å². The molecule has 1 aromatic rings. The van der Waals surface area contributed by atoms with E-state index in [9.17, 15) is 9.59 Å². The number of aryl methyl sites for hydroxylation is 1. The number of rotatable bonds is 9. The highest BCUT2D eigenvalue weighted by molar-refractivity contribution is 7.14. The summed E-state index contributed by atoms with van der Waals surface area (Å²) in [5, 5.41) is 0. The zero-order valence-electron chi connectivity index (χ0n) is 20.4. The van der Waals surface area contributed by atoms with E-state index in [0.29, 0.717) is 42.7 Å². The minimum Gasteiger partial charge on any atom is -0.293 e. The Morgan fingerprint density at radius 2 is 1.84 bits per heavy atom. The van der Waals surface area contributed by atoms with E-state index >= 15 is 0 Å². The van der Waals surface area contributed by atoms with Gasteiger partial charge < -0.3 is 0 Å². The van der Waals surface area contributed by atoms with Gasteiger partial charge in [0.2, 0.25) is 0 Å². The lowest BCUT2D eigenvalue weighted by Crippen LogP contribution is -2.45. The Kier molecular flexibility index (Phi) is 7.96. The number of hydrogen-bond donors (Lipinski definition) is 0. The average Bonchev–Trinajstić information content (AvgIpc) is 3.16. The van der Waals surface area contributed by atoms with Crippen molar-refractivity contribution in [1.82, 2.24) is 4.90 Å². The molecule has 3 rings (SSSR count). The molecule has 2 fully saturated rings. The lowest BCUT2D eigenvalue weighted by atomic mass is 9.86. The van der Waals surface area contributed by atoms with Crippen molar-refractivity contribution in [3.05, 3.63) is 33.5 Å². The van der Waals surface area contributed by atoms with Gasteiger partial charge in [0, 0.05) is 23.4 Å². The molecule has 3 nitrogen and oxygen atoms in total. The molecule has 2 aliphatic heterocycles. The third-order valence-electron chi connectivity index (χ3n) is 6.86. The number of Topliss-reactive ketones (excluding diaryl/α,β-unsaturated/α-hetero) is 1. The summed E-state index contributed by atoms with van der Waals surface area (Å²) in [5.74, 6) is 1.76. The molecule has 0 saturated carbocycles. The van der Waals surface area contributed by atoms with Crippen molar-refractivity contribution >= 4 is 22.9 Å². The minimum atomic E-state index is 0.0527. The van der Waals surface area contributed by atoms with Gasteiger partial charge in [0.15, 0.2) is 11.6 Å². The van der Waals surface area contributed by atoms with Crippen molar-refractivity contribution in [1.29, 1.82) is 0 Å². The molecule has 3 heterocycles. The van der Waals surface area contributed by atoms with Crippen LogP contribution in [0.2, 0.25) is 0 Å². The molecule has 31 heavy (non-hydrogen) atoms. The van der Waals surface area contributed by atoms with Gasteiger partial charge in [0.1, 0.15) is 0 Å². The average molecular weight is 444 g/mol. The molecule has 0 radical (unpaired) electrons. The molecule has 0 aliphatic carbocycles. The third-order valence-corrected chi connectivity index (χ3v) is 8.44. The molecule has 0 amide bonds. The monoisotopic (exact) mass is 443 g/mol. The predicted molar refractivity (Wildman–Crippen MR) is 131 cm³/mol. The first kappa shape index (κ1) is 24.4. The first-order valence-corrected chi connectivity index (χ1v) is 13.0. The molecule has 0 N–H and O–H groups in total. The van der Waals surface area contributed by atoms with Gasteiger partial charge in [-0.3, -0.25) is 14.5 Å². The summed E-state index contributed by atoms with van der Waals surface area (Å²) in [6.45, 7) is 13.4. The fourth-order valence-electron chi connectivity index (χ4n) is 5.19. The maximum atomic E-state index is 12.7. The fraction of sp³-hybridized carbons (Fsp3) is 0.704. The SMILES string of the molecule is Cc1cc(C(C)C)sc1C(=O)CCC[C@@H]1C[C@H]2CC[C@@H](C1)N2CC(=O)/C=C/C(C)(C)C. The van der Waals surface area contributed by atoms with Crippen LogP contribution < -0.4 is 0 Å². The molecule has 2 saturated heterocycles. The fourth-order valence-corrected chi connectivity index (χ4v) is 6.33. The molecular weight excluding hydrogens is 402 g/mol. The molecular formula is C27H41NO2S. The van der Waals surface area contributed by atoms with Crippen LogP contribution in [0.5, 0.6) is 0 Å². The largest absolute Gasteiger partial charge is 0.293 e. The topological polar surface area (TPSA) is 37.4 Å². The number of allylic oxidation sites excluding steroid dienone is 1. The minimum absolute atomic E-state index is 0.0527. The van der Waals surface area contributed by atoms with E-state index in [1.54, 1.807) is 17.4 Å². The summed E-state index contributed by atoms with van der Waals surface area (Å²) >= 11 is 1.69. The van der Waals surface area contributed by atoms with Crippen LogP contribution >= 0.6 is 11.3 Å². The predicted octanol–water partition coefficient (Wildman–Crippen LogP) is 6.95. The van der Waals surface area contributed by atoms with Crippen molar-refractivity contribution in [2.75, 3.05) is 6.54 Å². The van der Waals surface area contributed by atoms with Gasteiger partial charge in [0.05, 0.1) is 11.4 Å². The molecule has 3 atom stereocenters. The zero-order valence-corrected chi connectivity index (χ0v) is 21.2. The van der Waals surface area contributed by atoms with Crippen molar-refractivity contribution in [2.24, 2.45) is 11.3 Å². The molecule has 0 aromatic carbocycles. The normalized spacial score (nSPS) is 24.4. The third kappa shape index (κ3) is 6.61. The van der Waals surface area contributed by atoms with Gasteiger partial charge in [0.25, 0.3) is 0 Å². The maximum Gasteiger partial charge on any atom is 0.173 e. The first-order chi connectivity index (χ1) is 14.5. The van der Waals surface area contributed by atoms with Gasteiger partial charge in [-0.25, -0.2) is 0 Å². The Morgan fingerprint density at radius 1 is 1.19 bits per heavy atom. The Labute approximate surface area is 193 Å². The second-order valence-electron chi connectivity index (χ2n) is 11.2. The smallest absolute Gasteiger partial charge is 0.173 e. The zero-order chi connectivity index (χ0) is 22.8. The van der Waals surface area contributed by atoms with Gasteiger partial charge >= 0.3 is 0 Å². The number of hydrogen-bond acceptors (Lipinski definition) is 4. The van der Waals surface area contributed by atoms with Crippen molar-refractivity contribution in [3.8, 4) is 0 Å². The maximum absolute atomic E-state index is 12.7. The Morgan fingerprint density at radius 3 is 2.39 bits per heavy atom. The van der Waals surface area contributed by atoms with Crippen molar-refractivity contribution in [3.63, 3.8) is 0 Å². The van der Waals surface area contributed by atoms with Gasteiger partial charge in [-0.15, -0.1) is 11.3 Å². The Hall–Kier alpha value is -1.26. The van der Waals surface area contributed by atoms with Crippen molar-refractivity contribution < 1.29 is 9.59 Å². The molecule has 4 heteroatoms. The standard InChI is InChI=1S/C27H41NO2S/c1-18(2)25-14-19(3)26(31-25)24(30)9-7-8-20-15-21-10-11-22(16-20)28(21)17-23(29)12-13-27(4,5)6/h12-14,18,20-22H,7-11,15-17H2,1-6H3/b13-12+/t20-,21-,22+. The second kappa shape index (κ2) is 10.1. The quantitative estimate of drug-likeness (QED) is 0.306. The van der Waals surface area contributed by atoms with E-state index in [-0.39, 0.29) is 11.2 Å². The number of nitrogens with zero attached hydrogens (tertiary/aromatic N) is 1. The summed E-state index contributed by atoms with van der Waals surface area (Å²) in [6, 6.07) is 3.30. The van der Waals surface area contributed by atoms with Gasteiger partial charge in [-0.2, -0.15) is 0 Å². The molecule has 0 spiro atoms. The summed E-state index contributed by atoms with van der Waals surface area (Å²) < 4.78 is 0. The molecule has 0 unspecified atom stereocenters. The number of piperidine rings is 1. The van der Waals surface area contributed by atoms with Crippen LogP contribution in [0, 0.1) is 18.3 Å². The summed E-state index contributed by atoms with van der Waals surface area (Å²) in [4.78, 5) is 30.0. The molecule has 172 valence electrons. The van der Waals surface area contributed by atoms with Crippen LogP contribution in [0.15, 0.2) is 18.2 Å². The van der Waals surface area contributed by atoms with E-state index in [0.717, 1.165) is 23.3 Å². The van der Waals surface area contributed by atoms with E-state index in [2.05, 4.69) is 52.5 Å². The highest BCUT2D eigenvalue weighted by atomic mass is 32.1. The lowest BCUT2D eigenvalue weighted by molar-refractivity contribution is -0.117. The summed E-state index contributed by atoms with van der Waals surface area (Å²) in [7, 11) is 0. The van der Waals surface area contributed by atoms with Crippen molar-refractivity contribution in [2.45, 2.75) is 104 Å². The highest BCUT2D eigenvalue weighted by Crippen LogP contribution is 2.40. The first-order valence-electron chi connectivity index (χ1n) is 12.1.